The van der Waals surface area contributed by atoms with Crippen molar-refractivity contribution in [1.29, 1.82) is 0 Å². The third-order valence-corrected chi connectivity index (χ3v) is 3.94. The molecule has 1 aromatic carbocycles. The summed E-state index contributed by atoms with van der Waals surface area (Å²) in [6.45, 7) is 1.89. The van der Waals surface area contributed by atoms with Crippen LogP contribution in [0.4, 0.5) is 0 Å². The smallest absolute Gasteiger partial charge is 0.307 e. The van der Waals surface area contributed by atoms with Crippen molar-refractivity contribution in [2.24, 2.45) is 11.8 Å². The minimum absolute atomic E-state index is 0.182. The van der Waals surface area contributed by atoms with Gasteiger partial charge in [-0.1, -0.05) is 12.1 Å². The van der Waals surface area contributed by atoms with Crippen LogP contribution in [0.2, 0.25) is 0 Å². The molecule has 1 fully saturated rings. The lowest BCUT2D eigenvalue weighted by Crippen LogP contribution is -2.29. The van der Waals surface area contributed by atoms with Crippen LogP contribution >= 0.6 is 0 Å². The summed E-state index contributed by atoms with van der Waals surface area (Å²) < 4.78 is 1.75. The second-order valence-corrected chi connectivity index (χ2v) is 5.56. The number of aromatic nitrogens is 2. The maximum atomic E-state index is 12.0. The number of rotatable bonds is 5. The Bertz CT molecular complexity index is 696. The first-order valence-electron chi connectivity index (χ1n) is 7.19. The van der Waals surface area contributed by atoms with E-state index in [4.69, 9.17) is 5.11 Å². The highest BCUT2D eigenvalue weighted by molar-refractivity contribution is 5.89. The van der Waals surface area contributed by atoms with E-state index in [1.54, 1.807) is 10.9 Å². The largest absolute Gasteiger partial charge is 0.481 e. The molecule has 3 rings (SSSR count). The Hall–Kier alpha value is -2.63. The van der Waals surface area contributed by atoms with Crippen LogP contribution in [0, 0.1) is 11.8 Å². The zero-order valence-corrected chi connectivity index (χ0v) is 12.1. The predicted molar refractivity (Wildman–Crippen MR) is 79.4 cm³/mol. The van der Waals surface area contributed by atoms with Gasteiger partial charge in [0.25, 0.3) is 0 Å². The summed E-state index contributed by atoms with van der Waals surface area (Å²) in [7, 11) is 0. The van der Waals surface area contributed by atoms with Crippen molar-refractivity contribution in [3.05, 3.63) is 48.3 Å². The van der Waals surface area contributed by atoms with Crippen molar-refractivity contribution in [3.63, 3.8) is 0 Å². The first kappa shape index (κ1) is 14.3. The molecule has 2 aromatic rings. The van der Waals surface area contributed by atoms with Gasteiger partial charge in [-0.15, -0.1) is 0 Å². The highest BCUT2D eigenvalue weighted by Crippen LogP contribution is 2.39. The Kier molecular flexibility index (Phi) is 3.66. The maximum absolute atomic E-state index is 12.0. The molecule has 1 saturated carbocycles. The topological polar surface area (TPSA) is 84.2 Å². The molecule has 1 amide bonds. The van der Waals surface area contributed by atoms with Crippen LogP contribution in [0.1, 0.15) is 24.9 Å². The Morgan fingerprint density at radius 3 is 2.82 bits per heavy atom. The maximum Gasteiger partial charge on any atom is 0.307 e. The third-order valence-electron chi connectivity index (χ3n) is 3.94. The molecule has 114 valence electrons. The molecule has 1 aliphatic rings. The van der Waals surface area contributed by atoms with Crippen LogP contribution in [0.5, 0.6) is 0 Å². The lowest BCUT2D eigenvalue weighted by Gasteiger charge is -2.15. The summed E-state index contributed by atoms with van der Waals surface area (Å²) in [4.78, 5) is 22.8. The minimum Gasteiger partial charge on any atom is -0.481 e. The molecule has 0 unspecified atom stereocenters. The zero-order valence-electron chi connectivity index (χ0n) is 12.1. The number of nitrogens with one attached hydrogen (secondary N) is 1. The Labute approximate surface area is 127 Å². The van der Waals surface area contributed by atoms with E-state index in [0.717, 1.165) is 11.3 Å². The van der Waals surface area contributed by atoms with Gasteiger partial charge in [-0.3, -0.25) is 9.59 Å². The molecule has 0 radical (unpaired) electrons. The van der Waals surface area contributed by atoms with Crippen molar-refractivity contribution in [2.45, 2.75) is 19.4 Å². The van der Waals surface area contributed by atoms with E-state index in [9.17, 15) is 9.59 Å². The van der Waals surface area contributed by atoms with Gasteiger partial charge in [-0.2, -0.15) is 5.10 Å². The number of carboxylic acids is 1. The first-order chi connectivity index (χ1) is 10.6. The van der Waals surface area contributed by atoms with Crippen molar-refractivity contribution >= 4 is 11.9 Å². The Morgan fingerprint density at radius 1 is 1.36 bits per heavy atom. The van der Waals surface area contributed by atoms with E-state index >= 15 is 0 Å². The van der Waals surface area contributed by atoms with E-state index < -0.39 is 17.8 Å². The van der Waals surface area contributed by atoms with Gasteiger partial charge in [-0.25, -0.2) is 4.68 Å². The van der Waals surface area contributed by atoms with Gasteiger partial charge in [0.05, 0.1) is 23.6 Å². The van der Waals surface area contributed by atoms with E-state index in [0.29, 0.717) is 6.42 Å². The molecule has 6 nitrogen and oxygen atoms in total. The number of benzene rings is 1. The molecule has 6 heteroatoms. The first-order valence-corrected chi connectivity index (χ1v) is 7.19. The second-order valence-electron chi connectivity index (χ2n) is 5.56. The second kappa shape index (κ2) is 5.63. The van der Waals surface area contributed by atoms with Gasteiger partial charge in [0.1, 0.15) is 0 Å². The SMILES string of the molecule is C[C@H](NC(=O)[C@@H]1C[C@H]1C(=O)O)c1cccc(-n2cccn2)c1. The number of carbonyl (C=O) groups excluding carboxylic acids is 1. The molecule has 0 aliphatic heterocycles. The van der Waals surface area contributed by atoms with Gasteiger partial charge < -0.3 is 10.4 Å². The number of hydrogen-bond donors (Lipinski definition) is 2. The van der Waals surface area contributed by atoms with Crippen molar-refractivity contribution < 1.29 is 14.7 Å². The molecule has 1 aromatic heterocycles. The summed E-state index contributed by atoms with van der Waals surface area (Å²) in [6.07, 6.45) is 3.99. The van der Waals surface area contributed by atoms with Crippen LogP contribution in [0.15, 0.2) is 42.7 Å². The van der Waals surface area contributed by atoms with E-state index in [2.05, 4.69) is 10.4 Å². The number of nitrogens with zero attached hydrogens (tertiary/aromatic N) is 2. The molecular formula is C16H17N3O3. The average Bonchev–Trinajstić information content (AvgIpc) is 3.14. The molecule has 1 heterocycles. The van der Waals surface area contributed by atoms with Crippen molar-refractivity contribution in [1.82, 2.24) is 15.1 Å². The zero-order chi connectivity index (χ0) is 15.7. The number of amides is 1. The number of carboxylic acid groups (broad SMARTS) is 1. The fraction of sp³-hybridized carbons (Fsp3) is 0.312. The van der Waals surface area contributed by atoms with Crippen LogP contribution in [0.25, 0.3) is 5.69 Å². The average molecular weight is 299 g/mol. The fourth-order valence-electron chi connectivity index (χ4n) is 2.52. The quantitative estimate of drug-likeness (QED) is 0.881. The van der Waals surface area contributed by atoms with Crippen LogP contribution in [-0.4, -0.2) is 26.8 Å². The molecule has 1 aliphatic carbocycles. The summed E-state index contributed by atoms with van der Waals surface area (Å²) in [6, 6.07) is 9.40. The fourth-order valence-corrected chi connectivity index (χ4v) is 2.52. The monoisotopic (exact) mass is 299 g/mol. The molecule has 0 bridgehead atoms. The van der Waals surface area contributed by atoms with Crippen LogP contribution in [0.3, 0.4) is 0 Å². The Balaban J connectivity index is 1.68. The normalized spacial score (nSPS) is 21.1. The van der Waals surface area contributed by atoms with Crippen molar-refractivity contribution in [3.8, 4) is 5.69 Å². The highest BCUT2D eigenvalue weighted by atomic mass is 16.4. The highest BCUT2D eigenvalue weighted by Gasteiger charge is 2.48. The summed E-state index contributed by atoms with van der Waals surface area (Å²) >= 11 is 0. The molecule has 22 heavy (non-hydrogen) atoms. The van der Waals surface area contributed by atoms with Crippen molar-refractivity contribution in [2.75, 3.05) is 0 Å². The molecule has 2 N–H and O–H groups in total. The van der Waals surface area contributed by atoms with Crippen LogP contribution < -0.4 is 5.32 Å². The molecular weight excluding hydrogens is 282 g/mol. The Morgan fingerprint density at radius 2 is 2.18 bits per heavy atom. The predicted octanol–water partition coefficient (Wildman–Crippen LogP) is 1.77. The molecule has 0 spiro atoms. The van der Waals surface area contributed by atoms with Gasteiger partial charge in [0, 0.05) is 12.4 Å². The third kappa shape index (κ3) is 2.86. The van der Waals surface area contributed by atoms with E-state index in [1.807, 2.05) is 43.5 Å². The lowest BCUT2D eigenvalue weighted by atomic mass is 10.1. The number of aliphatic carboxylic acids is 1. The van der Waals surface area contributed by atoms with E-state index in [1.165, 1.54) is 0 Å². The summed E-state index contributed by atoms with van der Waals surface area (Å²) in [5.41, 5.74) is 1.87. The molecule has 0 saturated heterocycles. The minimum atomic E-state index is -0.895. The summed E-state index contributed by atoms with van der Waals surface area (Å²) in [5.74, 6) is -2.00. The summed E-state index contributed by atoms with van der Waals surface area (Å²) in [5, 5.41) is 15.9. The van der Waals surface area contributed by atoms with E-state index in [-0.39, 0.29) is 11.9 Å². The standard InChI is InChI=1S/C16H17N3O3/c1-10(18-15(20)13-9-14(13)16(21)22)11-4-2-5-12(8-11)19-7-3-6-17-19/h2-8,10,13-14H,9H2,1H3,(H,18,20)(H,21,22)/t10-,13+,14+/m0/s1. The molecule has 3 atom stereocenters. The van der Waals surface area contributed by atoms with Gasteiger partial charge in [0.15, 0.2) is 0 Å². The number of carbonyl (C=O) groups is 2. The van der Waals surface area contributed by atoms with Gasteiger partial charge in [-0.05, 0) is 37.1 Å². The van der Waals surface area contributed by atoms with Gasteiger partial charge in [0.2, 0.25) is 5.91 Å². The van der Waals surface area contributed by atoms with Crippen LogP contribution in [-0.2, 0) is 9.59 Å². The lowest BCUT2D eigenvalue weighted by molar-refractivity contribution is -0.140. The van der Waals surface area contributed by atoms with Gasteiger partial charge >= 0.3 is 5.97 Å². The number of hydrogen-bond acceptors (Lipinski definition) is 3.